The monoisotopic (exact) mass is 566 g/mol. The number of rotatable bonds is 0. The van der Waals surface area contributed by atoms with Gasteiger partial charge in [-0.05, 0) is 13.6 Å². The standard InChI is InChI=1S/C7H14N.Re.Rf/c1-7(2)4-5-8(3)6-7;;/h4H,5-6H2,1-3H3;;/q-1;;. The Hall–Kier alpha value is -0.378. The zero-order valence-corrected chi connectivity index (χ0v) is 16.1. The minimum Gasteiger partial charge on any atom is -0.338 e. The average molecular weight is 565 g/mol. The van der Waals surface area contributed by atoms with Gasteiger partial charge in [-0.25, -0.2) is 0 Å². The molecule has 1 aliphatic heterocycles. The Balaban J connectivity index is 0. The molecule has 57 valence electrons. The van der Waals surface area contributed by atoms with Gasteiger partial charge in [-0.2, -0.15) is 0 Å². The SMILES string of the molecule is CN1C[CH-]C(C)(C)C1.[Re].[Rf]. The van der Waals surface area contributed by atoms with Gasteiger partial charge in [0.1, 0.15) is 0 Å². The fourth-order valence-electron chi connectivity index (χ4n) is 1.23. The van der Waals surface area contributed by atoms with E-state index in [1.165, 1.54) is 6.54 Å². The Bertz CT molecular complexity index is 95.6. The van der Waals surface area contributed by atoms with Crippen LogP contribution in [0.25, 0.3) is 0 Å². The van der Waals surface area contributed by atoms with Crippen LogP contribution in [-0.4, -0.2) is 25.0 Å². The van der Waals surface area contributed by atoms with E-state index in [4.69, 9.17) is 0 Å². The Morgan fingerprint density at radius 3 is 2.00 bits per heavy atom. The van der Waals surface area contributed by atoms with Gasteiger partial charge in [-0.3, -0.25) is 0 Å². The maximum Gasteiger partial charge on any atom is 0 e. The van der Waals surface area contributed by atoms with E-state index in [0.29, 0.717) is 5.41 Å². The van der Waals surface area contributed by atoms with Gasteiger partial charge in [0.15, 0.2) is 0 Å². The van der Waals surface area contributed by atoms with Gasteiger partial charge in [0, 0.05) is 20.4 Å². The summed E-state index contributed by atoms with van der Waals surface area (Å²) >= 11 is 0. The van der Waals surface area contributed by atoms with Gasteiger partial charge < -0.3 is 11.3 Å². The maximum absolute atomic E-state index is 2.37. The van der Waals surface area contributed by atoms with Gasteiger partial charge in [0.2, 0.25) is 0 Å². The topological polar surface area (TPSA) is 3.24 Å². The second kappa shape index (κ2) is 3.71. The van der Waals surface area contributed by atoms with Gasteiger partial charge in [0.25, 0.3) is 0 Å². The number of likely N-dealkylation sites (tertiary alicyclic amines) is 1. The first kappa shape index (κ1) is 12.3. The molecule has 1 saturated heterocycles. The van der Waals surface area contributed by atoms with Crippen molar-refractivity contribution in [3.05, 3.63) is 6.42 Å². The molecule has 0 spiro atoms. The van der Waals surface area contributed by atoms with E-state index in [1.54, 1.807) is 0 Å². The molecule has 0 atom stereocenters. The Kier molecular flexibility index (Phi) is 4.57. The third kappa shape index (κ3) is 2.96. The first-order valence-electron chi connectivity index (χ1n) is 3.13. The Morgan fingerprint density at radius 1 is 1.40 bits per heavy atom. The fourth-order valence-corrected chi connectivity index (χ4v) is 1.23. The van der Waals surface area contributed by atoms with E-state index in [0.717, 1.165) is 6.54 Å². The zero-order chi connectivity index (χ0) is 6.20. The summed E-state index contributed by atoms with van der Waals surface area (Å²) in [6.07, 6.45) is 2.37. The van der Waals surface area contributed by atoms with Crippen molar-refractivity contribution in [2.75, 3.05) is 20.1 Å². The number of nitrogens with zero attached hydrogens (tertiary/aromatic N) is 1. The maximum atomic E-state index is 2.37. The molecule has 0 amide bonds. The molecule has 1 heterocycles. The summed E-state index contributed by atoms with van der Waals surface area (Å²) in [7, 11) is 2.16. The van der Waals surface area contributed by atoms with Gasteiger partial charge in [-0.15, -0.1) is 12.0 Å². The Labute approximate surface area is 71.5 Å². The van der Waals surface area contributed by atoms with Crippen molar-refractivity contribution in [2.24, 2.45) is 5.41 Å². The second-order valence-corrected chi connectivity index (χ2v) is 3.39. The van der Waals surface area contributed by atoms with E-state index in [1.807, 2.05) is 0 Å². The third-order valence-electron chi connectivity index (χ3n) is 1.63. The van der Waals surface area contributed by atoms with E-state index in [-0.39, 0.29) is 20.4 Å². The van der Waals surface area contributed by atoms with Crippen molar-refractivity contribution in [1.82, 2.24) is 4.90 Å². The Morgan fingerprint density at radius 2 is 1.90 bits per heavy atom. The van der Waals surface area contributed by atoms with Crippen LogP contribution in [-0.2, 0) is 20.4 Å². The minimum absolute atomic E-state index is 0. The molecule has 1 nitrogen and oxygen atoms in total. The zero-order valence-electron chi connectivity index (χ0n) is 7.02. The molecular weight excluding hydrogens is 551 g/mol. The third-order valence-corrected chi connectivity index (χ3v) is 1.63. The normalized spacial score (nSPS) is 23.1. The van der Waals surface area contributed by atoms with E-state index in [2.05, 4.69) is 32.2 Å². The quantitative estimate of drug-likeness (QED) is 0.399. The van der Waals surface area contributed by atoms with Crippen LogP contribution >= 0.6 is 0 Å². The summed E-state index contributed by atoms with van der Waals surface area (Å²) in [5, 5.41) is 0. The van der Waals surface area contributed by atoms with Gasteiger partial charge in [-0.1, -0.05) is 13.8 Å². The van der Waals surface area contributed by atoms with Crippen molar-refractivity contribution in [3.8, 4) is 0 Å². The molecule has 0 N–H and O–H groups in total. The molecule has 3 heteroatoms. The van der Waals surface area contributed by atoms with Crippen LogP contribution in [0.4, 0.5) is 0 Å². The van der Waals surface area contributed by atoms with Crippen LogP contribution in [0, 0.1) is 11.8 Å². The predicted molar refractivity (Wildman–Crippen MR) is 35.6 cm³/mol. The molecule has 1 rings (SSSR count). The summed E-state index contributed by atoms with van der Waals surface area (Å²) in [5.41, 5.74) is 0.467. The fraction of sp³-hybridized carbons (Fsp3) is 0.857. The van der Waals surface area contributed by atoms with E-state index in [9.17, 15) is 0 Å². The summed E-state index contributed by atoms with van der Waals surface area (Å²) in [5.74, 6) is 0. The summed E-state index contributed by atoms with van der Waals surface area (Å²) in [6.45, 7) is 6.92. The molecule has 0 bridgehead atoms. The van der Waals surface area contributed by atoms with Crippen molar-refractivity contribution in [1.29, 1.82) is 0 Å². The van der Waals surface area contributed by atoms with Crippen molar-refractivity contribution in [2.45, 2.75) is 13.8 Å². The summed E-state index contributed by atoms with van der Waals surface area (Å²) in [6, 6.07) is 0. The summed E-state index contributed by atoms with van der Waals surface area (Å²) < 4.78 is 0. The first-order valence-corrected chi connectivity index (χ1v) is 3.13. The molecule has 0 aromatic heterocycles. The molecule has 10 heavy (non-hydrogen) atoms. The molecule has 0 unspecified atom stereocenters. The first-order chi connectivity index (χ1) is 3.60. The van der Waals surface area contributed by atoms with E-state index >= 15 is 0 Å². The summed E-state index contributed by atoms with van der Waals surface area (Å²) in [4.78, 5) is 2.33. The van der Waals surface area contributed by atoms with Crippen molar-refractivity contribution >= 4 is 0 Å². The average Bonchev–Trinajstić information content (AvgIpc) is 1.82. The second-order valence-electron chi connectivity index (χ2n) is 3.39. The largest absolute Gasteiger partial charge is 0.338 e. The number of hydrogen-bond donors (Lipinski definition) is 0. The molecule has 0 aromatic carbocycles. The molecular formula is C7H14NReRf-. The molecule has 1 aliphatic rings. The van der Waals surface area contributed by atoms with Crippen LogP contribution in [0.15, 0.2) is 0 Å². The van der Waals surface area contributed by atoms with E-state index < -0.39 is 0 Å². The molecule has 1 radical (unpaired) electrons. The molecule has 1 fully saturated rings. The van der Waals surface area contributed by atoms with Crippen molar-refractivity contribution in [3.63, 3.8) is 0 Å². The van der Waals surface area contributed by atoms with Crippen LogP contribution < -0.4 is 0 Å². The van der Waals surface area contributed by atoms with Crippen LogP contribution in [0.3, 0.4) is 0 Å². The number of hydrogen-bond acceptors (Lipinski definition) is 1. The van der Waals surface area contributed by atoms with Crippen LogP contribution in [0.2, 0.25) is 0 Å². The van der Waals surface area contributed by atoms with Gasteiger partial charge >= 0.3 is 0 Å². The van der Waals surface area contributed by atoms with Crippen LogP contribution in [0.1, 0.15) is 13.8 Å². The molecule has 0 aromatic rings. The van der Waals surface area contributed by atoms with Gasteiger partial charge in [0.05, 0.1) is 0 Å². The van der Waals surface area contributed by atoms with Crippen LogP contribution in [0.5, 0.6) is 0 Å². The predicted octanol–water partition coefficient (Wildman–Crippen LogP) is 1.16. The van der Waals surface area contributed by atoms with Crippen molar-refractivity contribution < 1.29 is 20.4 Å². The minimum atomic E-state index is 0. The molecule has 0 saturated carbocycles. The molecule has 0 aliphatic carbocycles. The smallest absolute Gasteiger partial charge is 0 e.